The van der Waals surface area contributed by atoms with Crippen molar-refractivity contribution in [1.82, 2.24) is 14.8 Å². The normalized spacial score (nSPS) is 20.3. The molecular weight excluding hydrogens is 276 g/mol. The number of likely N-dealkylation sites (N-methyl/N-ethyl adjacent to an activating group) is 1. The molecule has 5 heteroatoms. The topological polar surface area (TPSA) is 48.5 Å². The molecule has 5 nitrogen and oxygen atoms in total. The Kier molecular flexibility index (Phi) is 4.93. The smallest absolute Gasteiger partial charge is 0.272 e. The molecule has 1 aromatic heterocycles. The highest BCUT2D eigenvalue weighted by atomic mass is 16.2. The highest BCUT2D eigenvalue weighted by Gasteiger charge is 2.22. The first-order chi connectivity index (χ1) is 10.8. The fraction of sp³-hybridized carbons (Fsp3) is 0.647. The van der Waals surface area contributed by atoms with Gasteiger partial charge in [0.2, 0.25) is 0 Å². The summed E-state index contributed by atoms with van der Waals surface area (Å²) in [7, 11) is 0. The molecule has 1 aliphatic heterocycles. The zero-order valence-electron chi connectivity index (χ0n) is 13.4. The zero-order chi connectivity index (χ0) is 15.4. The first-order valence-corrected chi connectivity index (χ1v) is 8.50. The Bertz CT molecular complexity index is 488. The van der Waals surface area contributed by atoms with Crippen LogP contribution in [0.15, 0.2) is 18.3 Å². The Labute approximate surface area is 132 Å². The molecule has 0 atom stereocenters. The highest BCUT2D eigenvalue weighted by molar-refractivity contribution is 5.92. The second kappa shape index (κ2) is 7.09. The SMILES string of the molecule is CCN1CCN(C(=O)c2ccc(NC3CCCC3)cn2)CC1. The van der Waals surface area contributed by atoms with Crippen LogP contribution in [0.5, 0.6) is 0 Å². The third-order valence-electron chi connectivity index (χ3n) is 4.82. The van der Waals surface area contributed by atoms with Gasteiger partial charge in [-0.25, -0.2) is 4.98 Å². The summed E-state index contributed by atoms with van der Waals surface area (Å²) in [5.41, 5.74) is 1.58. The lowest BCUT2D eigenvalue weighted by molar-refractivity contribution is 0.0637. The Morgan fingerprint density at radius 1 is 1.23 bits per heavy atom. The van der Waals surface area contributed by atoms with Crippen LogP contribution in [0, 0.1) is 0 Å². The lowest BCUT2D eigenvalue weighted by Crippen LogP contribution is -2.48. The lowest BCUT2D eigenvalue weighted by atomic mass is 10.2. The van der Waals surface area contributed by atoms with E-state index < -0.39 is 0 Å². The molecule has 2 fully saturated rings. The van der Waals surface area contributed by atoms with Crippen LogP contribution in [0.2, 0.25) is 0 Å². The predicted octanol–water partition coefficient (Wildman–Crippen LogP) is 2.21. The molecule has 0 radical (unpaired) electrons. The average molecular weight is 302 g/mol. The van der Waals surface area contributed by atoms with Crippen molar-refractivity contribution < 1.29 is 4.79 Å². The Hall–Kier alpha value is -1.62. The monoisotopic (exact) mass is 302 g/mol. The number of pyridine rings is 1. The molecule has 1 N–H and O–H groups in total. The van der Waals surface area contributed by atoms with E-state index in [0.29, 0.717) is 11.7 Å². The lowest BCUT2D eigenvalue weighted by Gasteiger charge is -2.33. The molecular formula is C17H26N4O. The van der Waals surface area contributed by atoms with Crippen LogP contribution in [-0.4, -0.2) is 59.5 Å². The molecule has 3 rings (SSSR count). The minimum atomic E-state index is 0.0585. The Morgan fingerprint density at radius 3 is 2.55 bits per heavy atom. The summed E-state index contributed by atoms with van der Waals surface area (Å²) in [5.74, 6) is 0.0585. The first kappa shape index (κ1) is 15.3. The Balaban J connectivity index is 1.56. The van der Waals surface area contributed by atoms with Gasteiger partial charge in [-0.3, -0.25) is 4.79 Å². The van der Waals surface area contributed by atoms with Gasteiger partial charge in [-0.1, -0.05) is 19.8 Å². The summed E-state index contributed by atoms with van der Waals surface area (Å²) in [6.45, 7) is 6.75. The van der Waals surface area contributed by atoms with Gasteiger partial charge in [0.15, 0.2) is 0 Å². The van der Waals surface area contributed by atoms with Gasteiger partial charge in [0.05, 0.1) is 11.9 Å². The fourth-order valence-corrected chi connectivity index (χ4v) is 3.34. The average Bonchev–Trinajstić information content (AvgIpc) is 3.08. The third-order valence-corrected chi connectivity index (χ3v) is 4.82. The fourth-order valence-electron chi connectivity index (χ4n) is 3.34. The number of rotatable bonds is 4. The van der Waals surface area contributed by atoms with Crippen molar-refractivity contribution in [1.29, 1.82) is 0 Å². The molecule has 0 aromatic carbocycles. The van der Waals surface area contributed by atoms with Gasteiger partial charge in [0.25, 0.3) is 5.91 Å². The molecule has 0 bridgehead atoms. The number of hydrogen-bond acceptors (Lipinski definition) is 4. The summed E-state index contributed by atoms with van der Waals surface area (Å²) < 4.78 is 0. The zero-order valence-corrected chi connectivity index (χ0v) is 13.4. The van der Waals surface area contributed by atoms with Gasteiger partial charge < -0.3 is 15.1 Å². The van der Waals surface area contributed by atoms with Gasteiger partial charge in [-0.05, 0) is 31.5 Å². The molecule has 1 saturated carbocycles. The van der Waals surface area contributed by atoms with Crippen molar-refractivity contribution in [3.8, 4) is 0 Å². The maximum absolute atomic E-state index is 12.5. The van der Waals surface area contributed by atoms with Crippen LogP contribution >= 0.6 is 0 Å². The van der Waals surface area contributed by atoms with Crippen LogP contribution < -0.4 is 5.32 Å². The number of nitrogens with zero attached hydrogens (tertiary/aromatic N) is 3. The summed E-state index contributed by atoms with van der Waals surface area (Å²) in [6.07, 6.45) is 6.90. The van der Waals surface area contributed by atoms with E-state index >= 15 is 0 Å². The Morgan fingerprint density at radius 2 is 1.95 bits per heavy atom. The number of aromatic nitrogens is 1. The van der Waals surface area contributed by atoms with Crippen LogP contribution in [0.3, 0.4) is 0 Å². The maximum Gasteiger partial charge on any atom is 0.272 e. The van der Waals surface area contributed by atoms with E-state index in [1.54, 1.807) is 6.20 Å². The van der Waals surface area contributed by atoms with Gasteiger partial charge in [-0.15, -0.1) is 0 Å². The second-order valence-electron chi connectivity index (χ2n) is 6.28. The third kappa shape index (κ3) is 3.58. The maximum atomic E-state index is 12.5. The van der Waals surface area contributed by atoms with E-state index in [4.69, 9.17) is 0 Å². The number of hydrogen-bond donors (Lipinski definition) is 1. The van der Waals surface area contributed by atoms with Crippen LogP contribution in [0.25, 0.3) is 0 Å². The second-order valence-corrected chi connectivity index (χ2v) is 6.28. The van der Waals surface area contributed by atoms with Crippen molar-refractivity contribution in [2.75, 3.05) is 38.0 Å². The number of carbonyl (C=O) groups is 1. The van der Waals surface area contributed by atoms with Crippen LogP contribution in [0.4, 0.5) is 5.69 Å². The molecule has 1 aliphatic carbocycles. The van der Waals surface area contributed by atoms with Gasteiger partial charge >= 0.3 is 0 Å². The molecule has 2 heterocycles. The van der Waals surface area contributed by atoms with Gasteiger partial charge in [-0.2, -0.15) is 0 Å². The molecule has 0 unspecified atom stereocenters. The molecule has 2 aliphatic rings. The van der Waals surface area contributed by atoms with Crippen molar-refractivity contribution in [2.24, 2.45) is 0 Å². The summed E-state index contributed by atoms with van der Waals surface area (Å²) in [5, 5.41) is 3.51. The van der Waals surface area contributed by atoms with Crippen molar-refractivity contribution in [3.05, 3.63) is 24.0 Å². The van der Waals surface area contributed by atoms with E-state index in [2.05, 4.69) is 22.1 Å². The molecule has 1 saturated heterocycles. The molecule has 0 spiro atoms. The van der Waals surface area contributed by atoms with Crippen LogP contribution in [0.1, 0.15) is 43.1 Å². The van der Waals surface area contributed by atoms with Gasteiger partial charge in [0.1, 0.15) is 5.69 Å². The minimum Gasteiger partial charge on any atom is -0.381 e. The largest absolute Gasteiger partial charge is 0.381 e. The molecule has 1 amide bonds. The highest BCUT2D eigenvalue weighted by Crippen LogP contribution is 2.22. The van der Waals surface area contributed by atoms with E-state index in [9.17, 15) is 4.79 Å². The number of carbonyl (C=O) groups excluding carboxylic acids is 1. The van der Waals surface area contributed by atoms with Crippen molar-refractivity contribution in [2.45, 2.75) is 38.6 Å². The number of amides is 1. The minimum absolute atomic E-state index is 0.0585. The molecule has 22 heavy (non-hydrogen) atoms. The number of piperazine rings is 1. The summed E-state index contributed by atoms with van der Waals surface area (Å²) in [4.78, 5) is 21.1. The van der Waals surface area contributed by atoms with Crippen molar-refractivity contribution >= 4 is 11.6 Å². The van der Waals surface area contributed by atoms with Crippen molar-refractivity contribution in [3.63, 3.8) is 0 Å². The standard InChI is InChI=1S/C17H26N4O/c1-2-20-9-11-21(12-10-20)17(22)16-8-7-15(13-18-16)19-14-5-3-4-6-14/h7-8,13-14,19H,2-6,9-12H2,1H3. The summed E-state index contributed by atoms with van der Waals surface area (Å²) in [6, 6.07) is 4.41. The number of anilines is 1. The van der Waals surface area contributed by atoms with E-state index in [1.165, 1.54) is 25.7 Å². The van der Waals surface area contributed by atoms with E-state index in [-0.39, 0.29) is 5.91 Å². The molecule has 1 aromatic rings. The molecule has 120 valence electrons. The summed E-state index contributed by atoms with van der Waals surface area (Å²) >= 11 is 0. The first-order valence-electron chi connectivity index (χ1n) is 8.50. The van der Waals surface area contributed by atoms with E-state index in [1.807, 2.05) is 17.0 Å². The van der Waals surface area contributed by atoms with Crippen LogP contribution in [-0.2, 0) is 0 Å². The quantitative estimate of drug-likeness (QED) is 0.926. The number of nitrogens with one attached hydrogen (secondary N) is 1. The van der Waals surface area contributed by atoms with E-state index in [0.717, 1.165) is 38.4 Å². The predicted molar refractivity (Wildman–Crippen MR) is 88.1 cm³/mol. The van der Waals surface area contributed by atoms with Gasteiger partial charge in [0, 0.05) is 32.2 Å².